The molecule has 1 unspecified atom stereocenters. The van der Waals surface area contributed by atoms with Gasteiger partial charge < -0.3 is 14.8 Å². The van der Waals surface area contributed by atoms with Gasteiger partial charge in [-0.1, -0.05) is 23.7 Å². The molecular weight excluding hydrogens is 382 g/mol. The van der Waals surface area contributed by atoms with E-state index in [9.17, 15) is 4.79 Å². The number of halogens is 2. The fraction of sp³-hybridized carbons (Fsp3) is 0.235. The zero-order valence-electron chi connectivity index (χ0n) is 12.8. The molecule has 1 amide bonds. The van der Waals surface area contributed by atoms with Gasteiger partial charge in [0.2, 0.25) is 0 Å². The number of amides is 1. The van der Waals surface area contributed by atoms with Gasteiger partial charge in [-0.2, -0.15) is 0 Å². The molecule has 1 atom stereocenters. The Morgan fingerprint density at radius 2 is 2.00 bits per heavy atom. The van der Waals surface area contributed by atoms with Crippen molar-refractivity contribution in [3.8, 4) is 11.5 Å². The third kappa shape index (κ3) is 4.88. The number of carbonyl (C=O) groups is 1. The quantitative estimate of drug-likeness (QED) is 0.752. The topological polar surface area (TPSA) is 47.6 Å². The van der Waals surface area contributed by atoms with Crippen molar-refractivity contribution in [2.24, 2.45) is 0 Å². The Kier molecular flexibility index (Phi) is 6.30. The van der Waals surface area contributed by atoms with Gasteiger partial charge in [-0.15, -0.1) is 0 Å². The highest BCUT2D eigenvalue weighted by molar-refractivity contribution is 9.10. The van der Waals surface area contributed by atoms with Crippen molar-refractivity contribution in [1.82, 2.24) is 0 Å². The fourth-order valence-electron chi connectivity index (χ4n) is 1.90. The molecule has 6 heteroatoms. The molecule has 0 aliphatic rings. The summed E-state index contributed by atoms with van der Waals surface area (Å²) in [5.74, 6) is 0.914. The van der Waals surface area contributed by atoms with Gasteiger partial charge >= 0.3 is 0 Å². The average molecular weight is 399 g/mol. The van der Waals surface area contributed by atoms with E-state index < -0.39 is 6.10 Å². The largest absolute Gasteiger partial charge is 0.492 e. The van der Waals surface area contributed by atoms with E-state index in [1.807, 2.05) is 19.1 Å². The SMILES string of the molecule is CCOc1ccccc1NC(=O)C(C)Oc1ccc(Cl)cc1Br. The van der Waals surface area contributed by atoms with Crippen molar-refractivity contribution >= 4 is 39.1 Å². The summed E-state index contributed by atoms with van der Waals surface area (Å²) in [7, 11) is 0. The average Bonchev–Trinajstić information content (AvgIpc) is 2.52. The second-order valence-electron chi connectivity index (χ2n) is 4.75. The normalized spacial score (nSPS) is 11.7. The number of rotatable bonds is 6. The smallest absolute Gasteiger partial charge is 0.265 e. The Morgan fingerprint density at radius 1 is 1.26 bits per heavy atom. The van der Waals surface area contributed by atoms with E-state index in [4.69, 9.17) is 21.1 Å². The first-order chi connectivity index (χ1) is 11.0. The molecule has 122 valence electrons. The van der Waals surface area contributed by atoms with Gasteiger partial charge in [0.15, 0.2) is 6.10 Å². The summed E-state index contributed by atoms with van der Waals surface area (Å²) in [6.45, 7) is 4.10. The summed E-state index contributed by atoms with van der Waals surface area (Å²) in [5, 5.41) is 3.41. The first kappa shape index (κ1) is 17.6. The molecule has 0 saturated carbocycles. The van der Waals surface area contributed by atoms with Crippen LogP contribution in [0.2, 0.25) is 5.02 Å². The Morgan fingerprint density at radius 3 is 2.70 bits per heavy atom. The molecule has 2 aromatic carbocycles. The molecule has 0 bridgehead atoms. The van der Waals surface area contributed by atoms with Crippen LogP contribution in [0.3, 0.4) is 0 Å². The van der Waals surface area contributed by atoms with E-state index in [1.165, 1.54) is 0 Å². The van der Waals surface area contributed by atoms with Crippen molar-refractivity contribution in [3.05, 3.63) is 52.0 Å². The van der Waals surface area contributed by atoms with Crippen molar-refractivity contribution in [2.75, 3.05) is 11.9 Å². The summed E-state index contributed by atoms with van der Waals surface area (Å²) in [6, 6.07) is 12.4. The van der Waals surface area contributed by atoms with Gasteiger partial charge in [0.1, 0.15) is 11.5 Å². The Balaban J connectivity index is 2.05. The molecule has 2 aromatic rings. The van der Waals surface area contributed by atoms with Crippen LogP contribution in [0.1, 0.15) is 13.8 Å². The Bertz CT molecular complexity index is 693. The summed E-state index contributed by atoms with van der Waals surface area (Å²) in [6.07, 6.45) is -0.679. The standard InChI is InChI=1S/C17H17BrClNO3/c1-3-22-16-7-5-4-6-14(16)20-17(21)11(2)23-15-9-8-12(19)10-13(15)18/h4-11H,3H2,1-2H3,(H,20,21). The lowest BCUT2D eigenvalue weighted by atomic mass is 10.2. The van der Waals surface area contributed by atoms with Gasteiger partial charge in [-0.25, -0.2) is 0 Å². The minimum Gasteiger partial charge on any atom is -0.492 e. The van der Waals surface area contributed by atoms with E-state index in [0.29, 0.717) is 33.3 Å². The van der Waals surface area contributed by atoms with Crippen LogP contribution in [0.4, 0.5) is 5.69 Å². The van der Waals surface area contributed by atoms with Gasteiger partial charge in [0.05, 0.1) is 16.8 Å². The molecule has 0 aliphatic heterocycles. The number of nitrogens with one attached hydrogen (secondary N) is 1. The van der Waals surface area contributed by atoms with Crippen LogP contribution in [0, 0.1) is 0 Å². The number of hydrogen-bond donors (Lipinski definition) is 1. The molecule has 0 radical (unpaired) electrons. The van der Waals surface area contributed by atoms with E-state index in [2.05, 4.69) is 21.2 Å². The number of anilines is 1. The number of carbonyl (C=O) groups excluding carboxylic acids is 1. The summed E-state index contributed by atoms with van der Waals surface area (Å²) in [4.78, 5) is 12.3. The van der Waals surface area contributed by atoms with Gasteiger partial charge in [-0.3, -0.25) is 4.79 Å². The summed E-state index contributed by atoms with van der Waals surface area (Å²) in [5.41, 5.74) is 0.616. The fourth-order valence-corrected chi connectivity index (χ4v) is 2.68. The van der Waals surface area contributed by atoms with Gasteiger partial charge in [-0.05, 0) is 60.1 Å². The second-order valence-corrected chi connectivity index (χ2v) is 6.04. The monoisotopic (exact) mass is 397 g/mol. The molecule has 2 rings (SSSR count). The minimum atomic E-state index is -0.679. The zero-order valence-corrected chi connectivity index (χ0v) is 15.1. The number of hydrogen-bond acceptors (Lipinski definition) is 3. The zero-order chi connectivity index (χ0) is 16.8. The van der Waals surface area contributed by atoms with Crippen LogP contribution in [0.25, 0.3) is 0 Å². The highest BCUT2D eigenvalue weighted by Crippen LogP contribution is 2.29. The molecule has 4 nitrogen and oxygen atoms in total. The van der Waals surface area contributed by atoms with Crippen molar-refractivity contribution in [2.45, 2.75) is 20.0 Å². The summed E-state index contributed by atoms with van der Waals surface area (Å²) < 4.78 is 11.9. The lowest BCUT2D eigenvalue weighted by Crippen LogP contribution is -2.30. The second kappa shape index (κ2) is 8.22. The number of para-hydroxylation sites is 2. The van der Waals surface area contributed by atoms with Crippen LogP contribution in [-0.2, 0) is 4.79 Å². The molecule has 0 fully saturated rings. The van der Waals surface area contributed by atoms with Crippen molar-refractivity contribution in [3.63, 3.8) is 0 Å². The molecule has 0 aromatic heterocycles. The van der Waals surface area contributed by atoms with E-state index in [1.54, 1.807) is 37.3 Å². The van der Waals surface area contributed by atoms with Crippen LogP contribution < -0.4 is 14.8 Å². The van der Waals surface area contributed by atoms with E-state index >= 15 is 0 Å². The maximum atomic E-state index is 12.3. The molecule has 0 saturated heterocycles. The molecule has 23 heavy (non-hydrogen) atoms. The molecule has 0 aliphatic carbocycles. The molecule has 0 spiro atoms. The predicted molar refractivity (Wildman–Crippen MR) is 95.5 cm³/mol. The highest BCUT2D eigenvalue weighted by Gasteiger charge is 2.17. The Hall–Kier alpha value is -1.72. The molecule has 0 heterocycles. The molecule has 1 N–H and O–H groups in total. The maximum Gasteiger partial charge on any atom is 0.265 e. The van der Waals surface area contributed by atoms with Crippen LogP contribution in [0.5, 0.6) is 11.5 Å². The number of benzene rings is 2. The first-order valence-electron chi connectivity index (χ1n) is 7.15. The van der Waals surface area contributed by atoms with Crippen LogP contribution >= 0.6 is 27.5 Å². The maximum absolute atomic E-state index is 12.3. The van der Waals surface area contributed by atoms with Crippen molar-refractivity contribution in [1.29, 1.82) is 0 Å². The van der Waals surface area contributed by atoms with Gasteiger partial charge in [0, 0.05) is 5.02 Å². The van der Waals surface area contributed by atoms with Crippen molar-refractivity contribution < 1.29 is 14.3 Å². The van der Waals surface area contributed by atoms with E-state index in [0.717, 1.165) is 0 Å². The first-order valence-corrected chi connectivity index (χ1v) is 8.32. The predicted octanol–water partition coefficient (Wildman–Crippen LogP) is 4.91. The van der Waals surface area contributed by atoms with Crippen LogP contribution in [0.15, 0.2) is 46.9 Å². The summed E-state index contributed by atoms with van der Waals surface area (Å²) >= 11 is 9.25. The Labute approximate surface area is 148 Å². The van der Waals surface area contributed by atoms with Gasteiger partial charge in [0.25, 0.3) is 5.91 Å². The lowest BCUT2D eigenvalue weighted by Gasteiger charge is -2.17. The van der Waals surface area contributed by atoms with E-state index in [-0.39, 0.29) is 5.91 Å². The minimum absolute atomic E-state index is 0.265. The third-order valence-corrected chi connectivity index (χ3v) is 3.87. The highest BCUT2D eigenvalue weighted by atomic mass is 79.9. The lowest BCUT2D eigenvalue weighted by molar-refractivity contribution is -0.122. The molecular formula is C17H17BrClNO3. The third-order valence-electron chi connectivity index (χ3n) is 3.01. The number of ether oxygens (including phenoxy) is 2. The van der Waals surface area contributed by atoms with Crippen LogP contribution in [-0.4, -0.2) is 18.6 Å².